The van der Waals surface area contributed by atoms with Crippen molar-refractivity contribution < 1.29 is 18.8 Å². The molecule has 7 heteroatoms. The van der Waals surface area contributed by atoms with Crippen LogP contribution >= 0.6 is 0 Å². The number of carbonyl (C=O) groups is 1. The number of carbonyl (C=O) groups excluding carboxylic acids is 1. The van der Waals surface area contributed by atoms with Crippen LogP contribution in [0.15, 0.2) is 4.52 Å². The number of nitrogens with zero attached hydrogens (tertiary/aromatic N) is 3. The van der Waals surface area contributed by atoms with E-state index in [2.05, 4.69) is 10.1 Å². The van der Waals surface area contributed by atoms with Crippen LogP contribution in [0.25, 0.3) is 0 Å². The Kier molecular flexibility index (Phi) is 4.75. The van der Waals surface area contributed by atoms with Crippen molar-refractivity contribution in [3.63, 3.8) is 0 Å². The van der Waals surface area contributed by atoms with E-state index in [1.165, 1.54) is 0 Å². The fourth-order valence-electron chi connectivity index (χ4n) is 2.26. The Labute approximate surface area is 131 Å². The Hall–Kier alpha value is -1.63. The number of hydrogen-bond donors (Lipinski definition) is 0. The number of likely N-dealkylation sites (tertiary alicyclic amines) is 1. The highest BCUT2D eigenvalue weighted by Crippen LogP contribution is 2.27. The predicted molar refractivity (Wildman–Crippen MR) is 79.3 cm³/mol. The minimum absolute atomic E-state index is 0.256. The summed E-state index contributed by atoms with van der Waals surface area (Å²) in [6.45, 7) is 10.9. The van der Waals surface area contributed by atoms with Gasteiger partial charge in [-0.1, -0.05) is 12.1 Å². The van der Waals surface area contributed by atoms with Crippen molar-refractivity contribution in [1.82, 2.24) is 15.0 Å². The lowest BCUT2D eigenvalue weighted by atomic mass is 10.1. The number of hydrogen-bond acceptors (Lipinski definition) is 6. The molecule has 0 saturated carbocycles. The van der Waals surface area contributed by atoms with Crippen LogP contribution in [0.2, 0.25) is 0 Å². The lowest BCUT2D eigenvalue weighted by molar-refractivity contribution is -0.0463. The van der Waals surface area contributed by atoms with E-state index < -0.39 is 11.2 Å². The Morgan fingerprint density at radius 2 is 2.18 bits per heavy atom. The zero-order valence-electron chi connectivity index (χ0n) is 14.0. The van der Waals surface area contributed by atoms with Gasteiger partial charge in [0.25, 0.3) is 5.89 Å². The molecule has 1 aromatic heterocycles. The quantitative estimate of drug-likeness (QED) is 0.850. The zero-order valence-corrected chi connectivity index (χ0v) is 14.0. The van der Waals surface area contributed by atoms with Crippen molar-refractivity contribution in [2.24, 2.45) is 0 Å². The molecule has 1 saturated heterocycles. The maximum absolute atomic E-state index is 12.1. The maximum atomic E-state index is 12.1. The molecule has 2 rings (SSSR count). The van der Waals surface area contributed by atoms with Gasteiger partial charge in [-0.15, -0.1) is 0 Å². The molecule has 1 aliphatic rings. The molecular formula is C15H25N3O4. The van der Waals surface area contributed by atoms with Gasteiger partial charge in [0.05, 0.1) is 12.1 Å². The molecule has 1 unspecified atom stereocenters. The molecule has 0 radical (unpaired) electrons. The Morgan fingerprint density at radius 3 is 2.77 bits per heavy atom. The van der Waals surface area contributed by atoms with E-state index in [0.717, 1.165) is 12.8 Å². The van der Waals surface area contributed by atoms with Crippen molar-refractivity contribution in [2.75, 3.05) is 13.1 Å². The summed E-state index contributed by atoms with van der Waals surface area (Å²) < 4.78 is 16.4. The Morgan fingerprint density at radius 1 is 1.45 bits per heavy atom. The third kappa shape index (κ3) is 4.43. The normalized spacial score (nSPS) is 22.1. The summed E-state index contributed by atoms with van der Waals surface area (Å²) in [5.41, 5.74) is -0.908. The summed E-state index contributed by atoms with van der Waals surface area (Å²) in [5.74, 6) is 1.14. The summed E-state index contributed by atoms with van der Waals surface area (Å²) in [6, 6.07) is 0. The van der Waals surface area contributed by atoms with E-state index in [9.17, 15) is 4.79 Å². The first-order chi connectivity index (χ1) is 10.2. The summed E-state index contributed by atoms with van der Waals surface area (Å²) in [7, 11) is 0. The Balaban J connectivity index is 1.86. The van der Waals surface area contributed by atoms with Crippen LogP contribution in [-0.4, -0.2) is 45.4 Å². The first-order valence-electron chi connectivity index (χ1n) is 7.64. The van der Waals surface area contributed by atoms with E-state index in [0.29, 0.717) is 24.8 Å². The largest absolute Gasteiger partial charge is 0.444 e. The fraction of sp³-hybridized carbons (Fsp3) is 0.800. The molecule has 0 spiro atoms. The summed E-state index contributed by atoms with van der Waals surface area (Å²) in [5, 5.41) is 3.84. The molecule has 0 bridgehead atoms. The van der Waals surface area contributed by atoms with Crippen molar-refractivity contribution >= 4 is 6.09 Å². The molecule has 2 heterocycles. The smallest absolute Gasteiger partial charge is 0.410 e. The van der Waals surface area contributed by atoms with Crippen LogP contribution in [0, 0.1) is 0 Å². The Bertz CT molecular complexity index is 523. The van der Waals surface area contributed by atoms with E-state index >= 15 is 0 Å². The number of ether oxygens (including phenoxy) is 2. The second kappa shape index (κ2) is 6.24. The molecule has 124 valence electrons. The van der Waals surface area contributed by atoms with Gasteiger partial charge < -0.3 is 18.9 Å². The van der Waals surface area contributed by atoms with Crippen LogP contribution in [0.4, 0.5) is 4.79 Å². The van der Waals surface area contributed by atoms with Crippen LogP contribution in [-0.2, 0) is 22.5 Å². The highest BCUT2D eigenvalue weighted by molar-refractivity contribution is 5.68. The fourth-order valence-corrected chi connectivity index (χ4v) is 2.26. The average Bonchev–Trinajstić information content (AvgIpc) is 3.01. The van der Waals surface area contributed by atoms with Crippen molar-refractivity contribution in [2.45, 2.75) is 65.3 Å². The first kappa shape index (κ1) is 16.7. The third-order valence-electron chi connectivity index (χ3n) is 3.46. The minimum Gasteiger partial charge on any atom is -0.444 e. The van der Waals surface area contributed by atoms with E-state index in [4.69, 9.17) is 14.0 Å². The van der Waals surface area contributed by atoms with Gasteiger partial charge in [-0.3, -0.25) is 0 Å². The van der Waals surface area contributed by atoms with Crippen LogP contribution in [0.5, 0.6) is 0 Å². The molecule has 0 aromatic carbocycles. The molecule has 7 nitrogen and oxygen atoms in total. The van der Waals surface area contributed by atoms with Gasteiger partial charge in [0.15, 0.2) is 5.82 Å². The molecule has 1 aromatic rings. The molecule has 1 amide bonds. The zero-order chi connectivity index (χ0) is 16.4. The van der Waals surface area contributed by atoms with Crippen LogP contribution < -0.4 is 0 Å². The van der Waals surface area contributed by atoms with Crippen molar-refractivity contribution in [3.8, 4) is 0 Å². The van der Waals surface area contributed by atoms with Crippen molar-refractivity contribution in [3.05, 3.63) is 11.7 Å². The van der Waals surface area contributed by atoms with Gasteiger partial charge in [0.1, 0.15) is 12.2 Å². The molecular weight excluding hydrogens is 286 g/mol. The van der Waals surface area contributed by atoms with Gasteiger partial charge in [0, 0.05) is 13.0 Å². The number of amides is 1. The maximum Gasteiger partial charge on any atom is 0.410 e. The number of aromatic nitrogens is 2. The summed E-state index contributed by atoms with van der Waals surface area (Å²) in [6.07, 6.45) is 1.18. The molecule has 0 N–H and O–H groups in total. The minimum atomic E-state index is -0.489. The van der Waals surface area contributed by atoms with E-state index in [-0.39, 0.29) is 12.7 Å². The van der Waals surface area contributed by atoms with Crippen LogP contribution in [0.1, 0.15) is 52.8 Å². The summed E-state index contributed by atoms with van der Waals surface area (Å²) >= 11 is 0. The van der Waals surface area contributed by atoms with Gasteiger partial charge in [0.2, 0.25) is 0 Å². The molecule has 1 fully saturated rings. The van der Waals surface area contributed by atoms with E-state index in [1.54, 1.807) is 4.90 Å². The molecule has 1 atom stereocenters. The number of aryl methyl sites for hydroxylation is 1. The van der Waals surface area contributed by atoms with E-state index in [1.807, 2.05) is 34.6 Å². The first-order valence-corrected chi connectivity index (χ1v) is 7.64. The van der Waals surface area contributed by atoms with Gasteiger partial charge in [-0.2, -0.15) is 4.98 Å². The molecule has 22 heavy (non-hydrogen) atoms. The van der Waals surface area contributed by atoms with Gasteiger partial charge in [-0.25, -0.2) is 4.79 Å². The second-order valence-corrected chi connectivity index (χ2v) is 6.85. The van der Waals surface area contributed by atoms with Crippen LogP contribution in [0.3, 0.4) is 0 Å². The second-order valence-electron chi connectivity index (χ2n) is 6.85. The SMILES string of the molecule is CCc1noc(COC2(C)CCN(C(=O)OC(C)(C)C)C2)n1. The molecule has 1 aliphatic heterocycles. The summed E-state index contributed by atoms with van der Waals surface area (Å²) in [4.78, 5) is 18.0. The monoisotopic (exact) mass is 311 g/mol. The highest BCUT2D eigenvalue weighted by atomic mass is 16.6. The van der Waals surface area contributed by atoms with Gasteiger partial charge in [-0.05, 0) is 34.1 Å². The highest BCUT2D eigenvalue weighted by Gasteiger charge is 2.39. The predicted octanol–water partition coefficient (Wildman–Crippen LogP) is 2.55. The topological polar surface area (TPSA) is 77.7 Å². The number of rotatable bonds is 4. The lowest BCUT2D eigenvalue weighted by Crippen LogP contribution is -2.39. The lowest BCUT2D eigenvalue weighted by Gasteiger charge is -2.27. The molecule has 0 aliphatic carbocycles. The average molecular weight is 311 g/mol. The standard InChI is InChI=1S/C15H25N3O4/c1-6-11-16-12(22-17-11)9-20-15(5)7-8-18(10-15)13(19)21-14(2,3)4/h6-10H2,1-5H3. The van der Waals surface area contributed by atoms with Gasteiger partial charge >= 0.3 is 6.09 Å². The third-order valence-corrected chi connectivity index (χ3v) is 3.46. The van der Waals surface area contributed by atoms with Crippen molar-refractivity contribution in [1.29, 1.82) is 0 Å².